The van der Waals surface area contributed by atoms with Crippen LogP contribution in [0.2, 0.25) is 0 Å². The summed E-state index contributed by atoms with van der Waals surface area (Å²) in [6, 6.07) is -2.68. The van der Waals surface area contributed by atoms with Gasteiger partial charge in [-0.05, 0) is 67.6 Å². The lowest BCUT2D eigenvalue weighted by molar-refractivity contribution is -0.136. The number of nitrogens with two attached hydrogens (primary N) is 3. The molecule has 1 aliphatic carbocycles. The number of aromatic hydroxyl groups is 1. The van der Waals surface area contributed by atoms with E-state index in [1.807, 2.05) is 13.8 Å². The number of rotatable bonds is 20. The van der Waals surface area contributed by atoms with Gasteiger partial charge in [0.1, 0.15) is 42.0 Å². The Hall–Kier alpha value is -7.34. The summed E-state index contributed by atoms with van der Waals surface area (Å²) in [5, 5.41) is 32.5. The topological polar surface area (TPSA) is 411 Å². The minimum atomic E-state index is -1.76. The van der Waals surface area contributed by atoms with Crippen molar-refractivity contribution in [3.8, 4) is 5.75 Å². The van der Waals surface area contributed by atoms with Gasteiger partial charge in [0, 0.05) is 31.7 Å². The highest BCUT2D eigenvalue weighted by molar-refractivity contribution is 5.98. The van der Waals surface area contributed by atoms with Crippen molar-refractivity contribution in [2.24, 2.45) is 40.9 Å². The Bertz CT molecular complexity index is 2100. The minimum absolute atomic E-state index is 0.0141. The summed E-state index contributed by atoms with van der Waals surface area (Å²) in [5.74, 6) is -11.2. The van der Waals surface area contributed by atoms with E-state index in [0.29, 0.717) is 24.8 Å². The third kappa shape index (κ3) is 19.7. The summed E-state index contributed by atoms with van der Waals surface area (Å²) in [6.07, 6.45) is -1.27. The van der Waals surface area contributed by atoms with Crippen LogP contribution in [0.3, 0.4) is 0 Å². The van der Waals surface area contributed by atoms with E-state index in [1.165, 1.54) is 24.3 Å². The lowest BCUT2D eigenvalue weighted by Gasteiger charge is -2.29. The maximum Gasteiger partial charge on any atom is 0.243 e. The quantitative estimate of drug-likeness (QED) is 0.0590. The fourth-order valence-corrected chi connectivity index (χ4v) is 7.53. The standard InChI is InChI=1S/C45H68N12O13/c1-5-23(4)38-45(70)54-29(10-12-33(46)59)42(67)56-32(19-34(47)60)43(68)53-28(11-13-36(62)50-21-37(63)52-31(44(69)57-38)17-24-6-8-26(58)9-7-24)40(65)49-15-14-25-18-27(25)39(64)55-30(16-22(2)3)41(66)51-20-35(48)61/h6-9,22-23,25,27-32,38,58H,5,10-21H2,1-4H3,(H2,46,59)(H2,47,60)(H2,48,61)(H,49,65)(H,50,62)(H,51,66)(H,52,63)(H,53,68)(H,54,70)(H,55,64)(H,56,67)(H,57,69). The van der Waals surface area contributed by atoms with Gasteiger partial charge in [-0.2, -0.15) is 0 Å². The first kappa shape index (κ1) is 57.0. The average molecular weight is 985 g/mol. The Morgan fingerprint density at radius 2 is 1.37 bits per heavy atom. The van der Waals surface area contributed by atoms with Crippen molar-refractivity contribution in [3.63, 3.8) is 0 Å². The summed E-state index contributed by atoms with van der Waals surface area (Å²) in [5.41, 5.74) is 16.5. The normalized spacial score (nSPS) is 23.6. The van der Waals surface area contributed by atoms with Gasteiger partial charge in [-0.1, -0.05) is 46.2 Å². The SMILES string of the molecule is CCC(C)C1NC(=O)C(Cc2ccc(O)cc2)NC(=O)CNC(=O)CCC(C(=O)NCCC2CC2C(=O)NC(CC(C)C)C(=O)NCC(N)=O)NC(=O)C(CC(N)=O)NC(=O)C(CCC(N)=O)NC1=O. The van der Waals surface area contributed by atoms with Gasteiger partial charge >= 0.3 is 0 Å². The lowest BCUT2D eigenvalue weighted by atomic mass is 9.96. The van der Waals surface area contributed by atoms with Crippen molar-refractivity contribution in [1.29, 1.82) is 0 Å². The van der Waals surface area contributed by atoms with Crippen LogP contribution in [0, 0.1) is 23.7 Å². The van der Waals surface area contributed by atoms with E-state index in [2.05, 4.69) is 47.9 Å². The van der Waals surface area contributed by atoms with Gasteiger partial charge in [0.05, 0.1) is 19.5 Å². The summed E-state index contributed by atoms with van der Waals surface area (Å²) in [7, 11) is 0. The van der Waals surface area contributed by atoms with Crippen molar-refractivity contribution >= 4 is 70.9 Å². The predicted octanol–water partition coefficient (Wildman–Crippen LogP) is -4.27. The molecule has 3 rings (SSSR count). The second-order valence-corrected chi connectivity index (χ2v) is 18.1. The molecule has 1 aliphatic heterocycles. The van der Waals surface area contributed by atoms with E-state index in [4.69, 9.17) is 17.2 Å². The van der Waals surface area contributed by atoms with E-state index < -0.39 is 158 Å². The van der Waals surface area contributed by atoms with E-state index in [-0.39, 0.29) is 43.4 Å². The van der Waals surface area contributed by atoms with Gasteiger partial charge in [0.25, 0.3) is 0 Å². The van der Waals surface area contributed by atoms with E-state index >= 15 is 0 Å². The second-order valence-electron chi connectivity index (χ2n) is 18.1. The number of nitrogens with one attached hydrogen (secondary N) is 9. The molecule has 9 atom stereocenters. The molecule has 0 bridgehead atoms. The zero-order chi connectivity index (χ0) is 52.2. The first-order chi connectivity index (χ1) is 33.0. The smallest absolute Gasteiger partial charge is 0.243 e. The summed E-state index contributed by atoms with van der Waals surface area (Å²) < 4.78 is 0. The van der Waals surface area contributed by atoms with Gasteiger partial charge < -0.3 is 70.2 Å². The van der Waals surface area contributed by atoms with Crippen LogP contribution in [0.1, 0.15) is 91.0 Å². The van der Waals surface area contributed by atoms with Crippen LogP contribution >= 0.6 is 0 Å². The number of carbonyl (C=O) groups excluding carboxylic acids is 12. The van der Waals surface area contributed by atoms with Crippen molar-refractivity contribution < 1.29 is 62.6 Å². The second kappa shape index (κ2) is 27.6. The van der Waals surface area contributed by atoms with Crippen LogP contribution in [-0.2, 0) is 64.0 Å². The highest BCUT2D eigenvalue weighted by Crippen LogP contribution is 2.41. The molecule has 386 valence electrons. The molecule has 25 nitrogen and oxygen atoms in total. The average Bonchev–Trinajstić information content (AvgIpc) is 4.07. The monoisotopic (exact) mass is 985 g/mol. The molecular formula is C45H68N12O13. The van der Waals surface area contributed by atoms with Crippen molar-refractivity contribution in [2.75, 3.05) is 19.6 Å². The summed E-state index contributed by atoms with van der Waals surface area (Å²) in [4.78, 5) is 157. The zero-order valence-corrected chi connectivity index (χ0v) is 39.9. The highest BCUT2D eigenvalue weighted by Gasteiger charge is 2.44. The van der Waals surface area contributed by atoms with Crippen LogP contribution in [0.25, 0.3) is 0 Å². The zero-order valence-electron chi connectivity index (χ0n) is 39.9. The Morgan fingerprint density at radius 3 is 1.99 bits per heavy atom. The fourth-order valence-electron chi connectivity index (χ4n) is 7.53. The Kier molecular flexibility index (Phi) is 22.5. The molecule has 0 radical (unpaired) electrons. The van der Waals surface area contributed by atoms with Gasteiger partial charge in [-0.25, -0.2) is 0 Å². The summed E-state index contributed by atoms with van der Waals surface area (Å²) in [6.45, 7) is 6.02. The van der Waals surface area contributed by atoms with Crippen LogP contribution in [-0.4, -0.2) is 132 Å². The van der Waals surface area contributed by atoms with Gasteiger partial charge in [0.15, 0.2) is 0 Å². The third-order valence-corrected chi connectivity index (χ3v) is 11.8. The molecule has 16 N–H and O–H groups in total. The molecule has 70 heavy (non-hydrogen) atoms. The van der Waals surface area contributed by atoms with Gasteiger partial charge in [0.2, 0.25) is 70.9 Å². The molecule has 1 heterocycles. The van der Waals surface area contributed by atoms with E-state index in [0.717, 1.165) is 0 Å². The molecule has 2 fully saturated rings. The maximum atomic E-state index is 14.0. The maximum absolute atomic E-state index is 14.0. The number of phenols is 1. The van der Waals surface area contributed by atoms with Crippen molar-refractivity contribution in [2.45, 2.75) is 128 Å². The van der Waals surface area contributed by atoms with Crippen LogP contribution in [0.15, 0.2) is 24.3 Å². The van der Waals surface area contributed by atoms with Crippen molar-refractivity contribution in [1.82, 2.24) is 47.9 Å². The molecule has 1 aromatic rings. The lowest BCUT2D eigenvalue weighted by Crippen LogP contribution is -2.61. The fraction of sp³-hybridized carbons (Fsp3) is 0.600. The molecule has 1 saturated heterocycles. The third-order valence-electron chi connectivity index (χ3n) is 11.8. The number of primary amides is 3. The van der Waals surface area contributed by atoms with Crippen LogP contribution < -0.4 is 65.1 Å². The number of phenolic OH excluding ortho intramolecular Hbond substituents is 1. The van der Waals surface area contributed by atoms with Gasteiger partial charge in [-0.3, -0.25) is 57.5 Å². The number of amides is 12. The number of hydrogen-bond donors (Lipinski definition) is 13. The number of benzene rings is 1. The molecule has 1 aromatic carbocycles. The number of carbonyl (C=O) groups is 12. The first-order valence-electron chi connectivity index (χ1n) is 23.2. The molecule has 0 aromatic heterocycles. The largest absolute Gasteiger partial charge is 0.508 e. The van der Waals surface area contributed by atoms with Crippen molar-refractivity contribution in [3.05, 3.63) is 29.8 Å². The Balaban J connectivity index is 1.88. The molecule has 2 aliphatic rings. The van der Waals surface area contributed by atoms with Crippen LogP contribution in [0.5, 0.6) is 5.75 Å². The summed E-state index contributed by atoms with van der Waals surface area (Å²) >= 11 is 0. The van der Waals surface area contributed by atoms with Crippen LogP contribution in [0.4, 0.5) is 0 Å². The van der Waals surface area contributed by atoms with Gasteiger partial charge in [-0.15, -0.1) is 0 Å². The minimum Gasteiger partial charge on any atom is -0.508 e. The molecule has 1 saturated carbocycles. The Morgan fingerprint density at radius 1 is 0.729 bits per heavy atom. The molecular weight excluding hydrogens is 917 g/mol. The van der Waals surface area contributed by atoms with E-state index in [1.54, 1.807) is 13.8 Å². The first-order valence-corrected chi connectivity index (χ1v) is 23.2. The molecule has 9 unspecified atom stereocenters. The number of hydrogen-bond acceptors (Lipinski definition) is 13. The highest BCUT2D eigenvalue weighted by atomic mass is 16.3. The Labute approximate surface area is 404 Å². The van der Waals surface area contributed by atoms with E-state index in [9.17, 15) is 62.6 Å². The molecule has 25 heteroatoms. The molecule has 12 amide bonds. The predicted molar refractivity (Wildman–Crippen MR) is 248 cm³/mol. The molecule has 0 spiro atoms.